The Morgan fingerprint density at radius 1 is 1.65 bits per heavy atom. The maximum absolute atomic E-state index is 12.9. The quantitative estimate of drug-likeness (QED) is 0.842. The molecule has 112 valence electrons. The van der Waals surface area contributed by atoms with Crippen molar-refractivity contribution in [1.82, 2.24) is 14.7 Å². The topological polar surface area (TPSA) is 64.2 Å². The highest BCUT2D eigenvalue weighted by atomic mass is 35.5. The van der Waals surface area contributed by atoms with Gasteiger partial charge in [0.15, 0.2) is 5.78 Å². The molecule has 1 aromatic heterocycles. The van der Waals surface area contributed by atoms with Gasteiger partial charge in [-0.15, -0.1) is 0 Å². The Morgan fingerprint density at radius 3 is 2.90 bits per heavy atom. The molecule has 2 atom stereocenters. The maximum atomic E-state index is 12.9. The van der Waals surface area contributed by atoms with Crippen molar-refractivity contribution in [2.75, 3.05) is 20.6 Å². The number of carbonyl (C=O) groups excluding carboxylic acids is 1. The Hall–Kier alpha value is -0.910. The number of nitrogens with two attached hydrogens (primary N) is 1. The van der Waals surface area contributed by atoms with E-state index in [9.17, 15) is 4.79 Å². The number of halogens is 1. The zero-order valence-corrected chi connectivity index (χ0v) is 13.2. The summed E-state index contributed by atoms with van der Waals surface area (Å²) in [5.41, 5.74) is 6.13. The monoisotopic (exact) mass is 298 g/mol. The highest BCUT2D eigenvalue weighted by Crippen LogP contribution is 2.40. The molecule has 20 heavy (non-hydrogen) atoms. The lowest BCUT2D eigenvalue weighted by Gasteiger charge is -2.27. The lowest BCUT2D eigenvalue weighted by atomic mass is 9.79. The van der Waals surface area contributed by atoms with E-state index in [4.69, 9.17) is 17.3 Å². The molecule has 2 rings (SSSR count). The fourth-order valence-electron chi connectivity index (χ4n) is 2.80. The largest absolute Gasteiger partial charge is 0.327 e. The number of ketones is 1. The van der Waals surface area contributed by atoms with Gasteiger partial charge in [0.2, 0.25) is 0 Å². The minimum atomic E-state index is -0.514. The summed E-state index contributed by atoms with van der Waals surface area (Å²) >= 11 is 6.18. The number of likely N-dealkylation sites (N-methyl/N-ethyl adjacent to an activating group) is 1. The molecule has 0 aliphatic heterocycles. The van der Waals surface area contributed by atoms with Crippen molar-refractivity contribution in [1.29, 1.82) is 0 Å². The fraction of sp³-hybridized carbons (Fsp3) is 0.714. The average Bonchev–Trinajstić information content (AvgIpc) is 2.91. The van der Waals surface area contributed by atoms with Gasteiger partial charge < -0.3 is 10.6 Å². The molecular weight excluding hydrogens is 276 g/mol. The minimum absolute atomic E-state index is 0.0313. The van der Waals surface area contributed by atoms with Gasteiger partial charge in [-0.1, -0.05) is 24.9 Å². The number of rotatable bonds is 5. The maximum Gasteiger partial charge on any atom is 0.189 e. The fourth-order valence-corrected chi connectivity index (χ4v) is 3.03. The molecule has 6 heteroatoms. The standard InChI is InChI=1S/C14H23ClN4O/c1-14(6-4-5-11(14)16)13(20)12-10(15)9-17-19(12)8-7-18(2)3/h9,11H,4-8,16H2,1-3H3. The van der Waals surface area contributed by atoms with Crippen molar-refractivity contribution >= 4 is 17.4 Å². The molecule has 0 spiro atoms. The predicted molar refractivity (Wildman–Crippen MR) is 80.1 cm³/mol. The molecule has 2 N–H and O–H groups in total. The molecular formula is C14H23ClN4O. The lowest BCUT2D eigenvalue weighted by molar-refractivity contribution is 0.0790. The third kappa shape index (κ3) is 2.75. The third-order valence-electron chi connectivity index (χ3n) is 4.32. The van der Waals surface area contributed by atoms with Crippen molar-refractivity contribution in [2.24, 2.45) is 11.1 Å². The van der Waals surface area contributed by atoms with Crippen LogP contribution in [0.2, 0.25) is 5.02 Å². The average molecular weight is 299 g/mol. The zero-order valence-electron chi connectivity index (χ0n) is 12.4. The van der Waals surface area contributed by atoms with E-state index in [-0.39, 0.29) is 11.8 Å². The van der Waals surface area contributed by atoms with Crippen LogP contribution in [0.1, 0.15) is 36.7 Å². The molecule has 1 fully saturated rings. The van der Waals surface area contributed by atoms with Crippen LogP contribution in [0.3, 0.4) is 0 Å². The van der Waals surface area contributed by atoms with Crippen LogP contribution in [0.5, 0.6) is 0 Å². The summed E-state index contributed by atoms with van der Waals surface area (Å²) in [6.45, 7) is 3.40. The summed E-state index contributed by atoms with van der Waals surface area (Å²) in [5, 5.41) is 4.66. The molecule has 0 aromatic carbocycles. The Balaban J connectivity index is 2.27. The van der Waals surface area contributed by atoms with E-state index >= 15 is 0 Å². The Bertz CT molecular complexity index is 499. The predicted octanol–water partition coefficient (Wildman–Crippen LogP) is 1.80. The van der Waals surface area contributed by atoms with Crippen LogP contribution in [-0.4, -0.2) is 47.1 Å². The second-order valence-corrected chi connectivity index (χ2v) is 6.52. The molecule has 0 saturated heterocycles. The van der Waals surface area contributed by atoms with Gasteiger partial charge in [-0.25, -0.2) is 0 Å². The molecule has 0 amide bonds. The Labute approximate surface area is 125 Å². The molecule has 1 heterocycles. The van der Waals surface area contributed by atoms with Gasteiger partial charge in [-0.05, 0) is 26.9 Å². The molecule has 1 aromatic rings. The number of carbonyl (C=O) groups is 1. The third-order valence-corrected chi connectivity index (χ3v) is 4.59. The molecule has 5 nitrogen and oxygen atoms in total. The zero-order chi connectivity index (χ0) is 14.9. The van der Waals surface area contributed by atoms with E-state index in [1.165, 1.54) is 0 Å². The van der Waals surface area contributed by atoms with Crippen molar-refractivity contribution < 1.29 is 4.79 Å². The number of aromatic nitrogens is 2. The SMILES string of the molecule is CN(C)CCn1ncc(Cl)c1C(=O)C1(C)CCCC1N. The smallest absolute Gasteiger partial charge is 0.189 e. The first-order valence-electron chi connectivity index (χ1n) is 7.02. The van der Waals surface area contributed by atoms with Crippen LogP contribution in [0.4, 0.5) is 0 Å². The summed E-state index contributed by atoms with van der Waals surface area (Å²) in [7, 11) is 3.97. The summed E-state index contributed by atoms with van der Waals surface area (Å²) in [6.07, 6.45) is 4.26. The molecule has 2 unspecified atom stereocenters. The Kier molecular flexibility index (Phi) is 4.52. The summed E-state index contributed by atoms with van der Waals surface area (Å²) < 4.78 is 1.71. The van der Waals surface area contributed by atoms with E-state index < -0.39 is 5.41 Å². The van der Waals surface area contributed by atoms with Crippen LogP contribution < -0.4 is 5.73 Å². The number of Topliss-reactive ketones (excluding diaryl/α,β-unsaturated/α-hetero) is 1. The van der Waals surface area contributed by atoms with Crippen LogP contribution in [-0.2, 0) is 6.54 Å². The summed E-state index contributed by atoms with van der Waals surface area (Å²) in [5.74, 6) is 0.0313. The Morgan fingerprint density at radius 2 is 2.35 bits per heavy atom. The number of hydrogen-bond donors (Lipinski definition) is 1. The molecule has 1 aliphatic carbocycles. The summed E-state index contributed by atoms with van der Waals surface area (Å²) in [4.78, 5) is 14.9. The van der Waals surface area contributed by atoms with E-state index in [1.54, 1.807) is 10.9 Å². The van der Waals surface area contributed by atoms with E-state index in [1.807, 2.05) is 25.9 Å². The van der Waals surface area contributed by atoms with Crippen molar-refractivity contribution in [3.05, 3.63) is 16.9 Å². The first-order chi connectivity index (χ1) is 9.36. The van der Waals surface area contributed by atoms with Crippen molar-refractivity contribution in [3.63, 3.8) is 0 Å². The van der Waals surface area contributed by atoms with Gasteiger partial charge in [0, 0.05) is 18.0 Å². The van der Waals surface area contributed by atoms with Crippen molar-refractivity contribution in [3.8, 4) is 0 Å². The van der Waals surface area contributed by atoms with E-state index in [0.29, 0.717) is 17.3 Å². The molecule has 0 radical (unpaired) electrons. The first-order valence-corrected chi connectivity index (χ1v) is 7.40. The number of nitrogens with zero attached hydrogens (tertiary/aromatic N) is 3. The minimum Gasteiger partial charge on any atom is -0.327 e. The van der Waals surface area contributed by atoms with Crippen LogP contribution in [0, 0.1) is 5.41 Å². The van der Waals surface area contributed by atoms with E-state index in [2.05, 4.69) is 5.10 Å². The highest BCUT2D eigenvalue weighted by molar-refractivity contribution is 6.33. The van der Waals surface area contributed by atoms with Crippen LogP contribution in [0.15, 0.2) is 6.20 Å². The second-order valence-electron chi connectivity index (χ2n) is 6.11. The first kappa shape index (κ1) is 15.5. The van der Waals surface area contributed by atoms with Gasteiger partial charge in [0.25, 0.3) is 0 Å². The summed E-state index contributed by atoms with van der Waals surface area (Å²) in [6, 6.07) is -0.0942. The highest BCUT2D eigenvalue weighted by Gasteiger charge is 2.45. The molecule has 1 aliphatic rings. The lowest BCUT2D eigenvalue weighted by Crippen LogP contribution is -2.42. The second kappa shape index (κ2) is 5.84. The molecule has 0 bridgehead atoms. The van der Waals surface area contributed by atoms with E-state index in [0.717, 1.165) is 25.8 Å². The number of hydrogen-bond acceptors (Lipinski definition) is 4. The van der Waals surface area contributed by atoms with Gasteiger partial charge in [-0.2, -0.15) is 5.10 Å². The van der Waals surface area contributed by atoms with Gasteiger partial charge in [0.05, 0.1) is 17.8 Å². The molecule has 1 saturated carbocycles. The van der Waals surface area contributed by atoms with Crippen molar-refractivity contribution in [2.45, 2.75) is 38.8 Å². The van der Waals surface area contributed by atoms with Crippen LogP contribution >= 0.6 is 11.6 Å². The van der Waals surface area contributed by atoms with Gasteiger partial charge in [0.1, 0.15) is 5.69 Å². The van der Waals surface area contributed by atoms with Gasteiger partial charge >= 0.3 is 0 Å². The normalized spacial score (nSPS) is 26.4. The van der Waals surface area contributed by atoms with Crippen LogP contribution in [0.25, 0.3) is 0 Å². The van der Waals surface area contributed by atoms with Gasteiger partial charge in [-0.3, -0.25) is 9.48 Å².